The van der Waals surface area contributed by atoms with Crippen LogP contribution in [0.15, 0.2) is 24.3 Å². The molecule has 0 bridgehead atoms. The van der Waals surface area contributed by atoms with Crippen molar-refractivity contribution in [2.24, 2.45) is 5.73 Å². The molecule has 2 aromatic rings. The number of aromatic nitrogens is 2. The fraction of sp³-hybridized carbons (Fsp3) is 0.182. The van der Waals surface area contributed by atoms with Crippen molar-refractivity contribution in [1.29, 1.82) is 5.41 Å². The molecule has 90 valence electrons. The zero-order chi connectivity index (χ0) is 11.5. The molecule has 0 aliphatic rings. The fourth-order valence-electron chi connectivity index (χ4n) is 1.41. The Kier molecular flexibility index (Phi) is 4.87. The average Bonchev–Trinajstić information content (AvgIpc) is 2.26. The molecule has 1 aromatic heterocycles. The number of benzene rings is 1. The standard InChI is InChI=1S/C11H12N4Se.ClH/c1-7-10(6-16-11(12)13)15-9-5-3-2-4-8(9)14-7;/h2-5H,6H2,1H3,(H3,12,13);1H. The number of rotatable bonds is 3. The first kappa shape index (κ1) is 13.9. The van der Waals surface area contributed by atoms with Crippen molar-refractivity contribution >= 4 is 43.1 Å². The summed E-state index contributed by atoms with van der Waals surface area (Å²) in [5, 5.41) is 7.98. The number of amidine groups is 1. The number of nitrogens with two attached hydrogens (primary N) is 1. The van der Waals surface area contributed by atoms with Gasteiger partial charge in [-0.2, -0.15) is 0 Å². The normalized spacial score (nSPS) is 9.94. The number of hydrogen-bond donors (Lipinski definition) is 2. The van der Waals surface area contributed by atoms with Gasteiger partial charge >= 0.3 is 99.7 Å². The topological polar surface area (TPSA) is 75.7 Å². The second-order valence-corrected chi connectivity index (χ2v) is 5.53. The average molecular weight is 316 g/mol. The van der Waals surface area contributed by atoms with Gasteiger partial charge in [-0.15, -0.1) is 12.4 Å². The Morgan fingerprint density at radius 2 is 1.88 bits per heavy atom. The number of hydrogen-bond acceptors (Lipinski definition) is 3. The maximum atomic E-state index is 7.23. The van der Waals surface area contributed by atoms with Crippen LogP contribution >= 0.6 is 12.4 Å². The summed E-state index contributed by atoms with van der Waals surface area (Å²) in [4.78, 5) is 9.04. The van der Waals surface area contributed by atoms with Gasteiger partial charge in [0.05, 0.1) is 0 Å². The van der Waals surface area contributed by atoms with Gasteiger partial charge < -0.3 is 0 Å². The number of nitrogens with zero attached hydrogens (tertiary/aromatic N) is 2. The van der Waals surface area contributed by atoms with Crippen LogP contribution in [0.3, 0.4) is 0 Å². The minimum Gasteiger partial charge on any atom is -0.147 e. The van der Waals surface area contributed by atoms with Gasteiger partial charge in [0, 0.05) is 0 Å². The van der Waals surface area contributed by atoms with Crippen LogP contribution in [0, 0.1) is 12.3 Å². The minimum atomic E-state index is -0.0120. The van der Waals surface area contributed by atoms with E-state index in [1.54, 1.807) is 0 Å². The molecule has 0 amide bonds. The molecule has 4 nitrogen and oxygen atoms in total. The van der Waals surface area contributed by atoms with Gasteiger partial charge in [-0.25, -0.2) is 0 Å². The van der Waals surface area contributed by atoms with Crippen LogP contribution < -0.4 is 5.73 Å². The van der Waals surface area contributed by atoms with Crippen molar-refractivity contribution < 1.29 is 0 Å². The first-order valence-corrected chi connectivity index (χ1v) is 6.92. The van der Waals surface area contributed by atoms with E-state index in [2.05, 4.69) is 9.97 Å². The van der Waals surface area contributed by atoms with Gasteiger partial charge in [-0.3, -0.25) is 0 Å². The van der Waals surface area contributed by atoms with E-state index in [0.29, 0.717) is 0 Å². The number of aryl methyl sites for hydroxylation is 1. The van der Waals surface area contributed by atoms with Gasteiger partial charge in [0.25, 0.3) is 0 Å². The van der Waals surface area contributed by atoms with Crippen LogP contribution in [0.1, 0.15) is 11.4 Å². The van der Waals surface area contributed by atoms with Crippen LogP contribution in [0.2, 0.25) is 0 Å². The molecule has 3 N–H and O–H groups in total. The molecule has 1 aromatic carbocycles. The van der Waals surface area contributed by atoms with Crippen molar-refractivity contribution in [3.05, 3.63) is 35.7 Å². The molecule has 0 radical (unpaired) electrons. The second-order valence-electron chi connectivity index (χ2n) is 3.40. The first-order chi connectivity index (χ1) is 7.66. The quantitative estimate of drug-likeness (QED) is 0.511. The summed E-state index contributed by atoms with van der Waals surface area (Å²) in [6, 6.07) is 7.81. The Bertz CT molecular complexity index is 544. The Hall–Kier alpha value is -1.16. The largest absolute Gasteiger partial charge is 0.147 e. The molecule has 6 heteroatoms. The first-order valence-electron chi connectivity index (χ1n) is 4.86. The summed E-state index contributed by atoms with van der Waals surface area (Å²) < 4.78 is 0.252. The fourth-order valence-corrected chi connectivity index (χ4v) is 2.59. The smallest absolute Gasteiger partial charge is 0.147 e. The minimum absolute atomic E-state index is 0. The molecule has 0 aliphatic heterocycles. The SMILES string of the molecule is Cc1nc2ccccc2nc1C[Se]C(=N)N.Cl. The summed E-state index contributed by atoms with van der Waals surface area (Å²) in [6.45, 7) is 1.95. The molecular weight excluding hydrogens is 303 g/mol. The van der Waals surface area contributed by atoms with E-state index in [4.69, 9.17) is 11.1 Å². The number of halogens is 1. The molecule has 0 aliphatic carbocycles. The van der Waals surface area contributed by atoms with Gasteiger partial charge in [-0.1, -0.05) is 0 Å². The van der Waals surface area contributed by atoms with Gasteiger partial charge in [0.1, 0.15) is 0 Å². The summed E-state index contributed by atoms with van der Waals surface area (Å²) in [7, 11) is 0. The van der Waals surface area contributed by atoms with Crippen molar-refractivity contribution in [1.82, 2.24) is 9.97 Å². The van der Waals surface area contributed by atoms with E-state index in [1.807, 2.05) is 31.2 Å². The predicted molar refractivity (Wildman–Crippen MR) is 72.9 cm³/mol. The van der Waals surface area contributed by atoms with Crippen molar-refractivity contribution in [2.75, 3.05) is 0 Å². The molecule has 0 fully saturated rings. The molecule has 0 saturated carbocycles. The third-order valence-electron chi connectivity index (χ3n) is 2.21. The van der Waals surface area contributed by atoms with Crippen molar-refractivity contribution in [2.45, 2.75) is 12.2 Å². The third kappa shape index (κ3) is 3.40. The number of fused-ring (bicyclic) bond motifs is 1. The summed E-state index contributed by atoms with van der Waals surface area (Å²) in [5.74, 6) is 0. The molecule has 2 rings (SSSR count). The third-order valence-corrected chi connectivity index (χ3v) is 3.74. The van der Waals surface area contributed by atoms with Crippen LogP contribution in [0.4, 0.5) is 0 Å². The zero-order valence-electron chi connectivity index (χ0n) is 9.30. The summed E-state index contributed by atoms with van der Waals surface area (Å²) in [5.41, 5.74) is 9.07. The molecule has 0 atom stereocenters. The number of para-hydroxylation sites is 2. The van der Waals surface area contributed by atoms with E-state index >= 15 is 0 Å². The van der Waals surface area contributed by atoms with E-state index in [1.165, 1.54) is 0 Å². The van der Waals surface area contributed by atoms with Crippen LogP contribution in [0.25, 0.3) is 11.0 Å². The zero-order valence-corrected chi connectivity index (χ0v) is 11.8. The van der Waals surface area contributed by atoms with Crippen molar-refractivity contribution in [3.8, 4) is 0 Å². The van der Waals surface area contributed by atoms with Crippen LogP contribution in [-0.4, -0.2) is 29.7 Å². The van der Waals surface area contributed by atoms with Crippen LogP contribution in [-0.2, 0) is 5.32 Å². The molecule has 1 heterocycles. The number of nitrogens with one attached hydrogen (secondary N) is 1. The van der Waals surface area contributed by atoms with E-state index in [9.17, 15) is 0 Å². The molecule has 0 saturated heterocycles. The van der Waals surface area contributed by atoms with Gasteiger partial charge in [-0.05, 0) is 0 Å². The maximum absolute atomic E-state index is 7.23. The Balaban J connectivity index is 0.00000144. The predicted octanol–water partition coefficient (Wildman–Crippen LogP) is 1.46. The van der Waals surface area contributed by atoms with E-state index in [-0.39, 0.29) is 32.1 Å². The van der Waals surface area contributed by atoms with Crippen molar-refractivity contribution in [3.63, 3.8) is 0 Å². The van der Waals surface area contributed by atoms with E-state index in [0.717, 1.165) is 27.7 Å². The van der Waals surface area contributed by atoms with Gasteiger partial charge in [0.2, 0.25) is 0 Å². The molecule has 17 heavy (non-hydrogen) atoms. The summed E-state index contributed by atoms with van der Waals surface area (Å²) >= 11 is -0.0120. The Morgan fingerprint density at radius 1 is 1.29 bits per heavy atom. The Labute approximate surface area is 112 Å². The monoisotopic (exact) mass is 316 g/mol. The van der Waals surface area contributed by atoms with E-state index < -0.39 is 0 Å². The summed E-state index contributed by atoms with van der Waals surface area (Å²) in [6.07, 6.45) is 0. The second kappa shape index (κ2) is 5.96. The Morgan fingerprint density at radius 3 is 2.47 bits per heavy atom. The molecule has 0 unspecified atom stereocenters. The van der Waals surface area contributed by atoms with Crippen LogP contribution in [0.5, 0.6) is 0 Å². The molecule has 0 spiro atoms. The maximum Gasteiger partial charge on any atom is -0.147 e. The molecular formula is C11H13ClN4Se. The van der Waals surface area contributed by atoms with Gasteiger partial charge in [0.15, 0.2) is 0 Å².